The molecule has 0 unspecified atom stereocenters. The molecule has 140 valence electrons. The third-order valence-corrected chi connectivity index (χ3v) is 5.36. The van der Waals surface area contributed by atoms with Crippen LogP contribution in [0.2, 0.25) is 0 Å². The van der Waals surface area contributed by atoms with E-state index in [0.717, 1.165) is 29.8 Å². The van der Waals surface area contributed by atoms with Crippen molar-refractivity contribution in [3.8, 4) is 0 Å². The molecule has 1 atom stereocenters. The summed E-state index contributed by atoms with van der Waals surface area (Å²) in [7, 11) is 0. The van der Waals surface area contributed by atoms with Crippen molar-refractivity contribution in [2.45, 2.75) is 38.6 Å². The van der Waals surface area contributed by atoms with Crippen molar-refractivity contribution in [3.63, 3.8) is 0 Å². The van der Waals surface area contributed by atoms with Gasteiger partial charge in [0, 0.05) is 24.5 Å². The first kappa shape index (κ1) is 17.6. The maximum Gasteiger partial charge on any atom is 0.247 e. The summed E-state index contributed by atoms with van der Waals surface area (Å²) in [5.41, 5.74) is 3.91. The predicted molar refractivity (Wildman–Crippen MR) is 110 cm³/mol. The number of para-hydroxylation sites is 2. The van der Waals surface area contributed by atoms with Crippen LogP contribution in [0, 0.1) is 0 Å². The number of benzene rings is 2. The summed E-state index contributed by atoms with van der Waals surface area (Å²) in [5, 5.41) is 3.08. The van der Waals surface area contributed by atoms with Crippen LogP contribution < -0.4 is 10.2 Å². The van der Waals surface area contributed by atoms with E-state index in [9.17, 15) is 4.79 Å². The maximum atomic E-state index is 12.8. The zero-order valence-corrected chi connectivity index (χ0v) is 15.8. The highest BCUT2D eigenvalue weighted by molar-refractivity contribution is 5.95. The molecule has 1 N–H and O–H groups in total. The Kier molecular flexibility index (Phi) is 5.10. The summed E-state index contributed by atoms with van der Waals surface area (Å²) in [6, 6.07) is 15.7. The quantitative estimate of drug-likeness (QED) is 0.737. The number of carbonyl (C=O) groups excluding carboxylic acids is 1. The largest absolute Gasteiger partial charge is 0.371 e. The summed E-state index contributed by atoms with van der Waals surface area (Å²) < 4.78 is 1.92. The van der Waals surface area contributed by atoms with E-state index in [1.807, 2.05) is 47.9 Å². The van der Waals surface area contributed by atoms with Crippen molar-refractivity contribution in [3.05, 3.63) is 54.9 Å². The minimum atomic E-state index is -0.334. The molecule has 0 saturated carbocycles. The summed E-state index contributed by atoms with van der Waals surface area (Å²) in [6.45, 7) is 4.09. The van der Waals surface area contributed by atoms with E-state index >= 15 is 0 Å². The Balaban J connectivity index is 1.50. The molecule has 27 heavy (non-hydrogen) atoms. The van der Waals surface area contributed by atoms with Crippen LogP contribution in [0.4, 0.5) is 11.4 Å². The number of anilines is 2. The van der Waals surface area contributed by atoms with Crippen LogP contribution in [0.1, 0.15) is 38.6 Å². The number of amides is 1. The topological polar surface area (TPSA) is 50.2 Å². The Morgan fingerprint density at radius 3 is 2.63 bits per heavy atom. The van der Waals surface area contributed by atoms with Crippen LogP contribution in [0.5, 0.6) is 0 Å². The number of hydrogen-bond acceptors (Lipinski definition) is 3. The Hall–Kier alpha value is -2.82. The molecule has 5 heteroatoms. The number of imidazole rings is 1. The van der Waals surface area contributed by atoms with E-state index in [1.165, 1.54) is 31.4 Å². The molecule has 3 aromatic rings. The zero-order chi connectivity index (χ0) is 18.6. The third kappa shape index (κ3) is 3.82. The van der Waals surface area contributed by atoms with Gasteiger partial charge in [0.1, 0.15) is 6.04 Å². The predicted octanol–water partition coefficient (Wildman–Crippen LogP) is 4.62. The van der Waals surface area contributed by atoms with Gasteiger partial charge in [-0.2, -0.15) is 0 Å². The second-order valence-corrected chi connectivity index (χ2v) is 7.26. The van der Waals surface area contributed by atoms with Crippen molar-refractivity contribution in [2.24, 2.45) is 0 Å². The fourth-order valence-corrected chi connectivity index (χ4v) is 3.77. The minimum absolute atomic E-state index is 0.0360. The highest BCUT2D eigenvalue weighted by atomic mass is 16.2. The summed E-state index contributed by atoms with van der Waals surface area (Å²) in [5.74, 6) is -0.0360. The highest BCUT2D eigenvalue weighted by Gasteiger charge is 2.18. The number of fused-ring (bicyclic) bond motifs is 1. The van der Waals surface area contributed by atoms with Gasteiger partial charge in [-0.25, -0.2) is 4.98 Å². The van der Waals surface area contributed by atoms with E-state index in [4.69, 9.17) is 0 Å². The normalized spacial score (nSPS) is 16.1. The zero-order valence-electron chi connectivity index (χ0n) is 15.8. The first-order chi connectivity index (χ1) is 13.2. The Labute approximate surface area is 160 Å². The Morgan fingerprint density at radius 2 is 1.81 bits per heavy atom. The highest BCUT2D eigenvalue weighted by Crippen LogP contribution is 2.24. The number of rotatable bonds is 4. The maximum absolute atomic E-state index is 12.8. The van der Waals surface area contributed by atoms with Crippen molar-refractivity contribution < 1.29 is 4.79 Å². The fourth-order valence-electron chi connectivity index (χ4n) is 3.77. The van der Waals surface area contributed by atoms with E-state index in [1.54, 1.807) is 6.33 Å². The fraction of sp³-hybridized carbons (Fsp3) is 0.364. The molecule has 1 aliphatic heterocycles. The van der Waals surface area contributed by atoms with Gasteiger partial charge in [0.2, 0.25) is 5.91 Å². The lowest BCUT2D eigenvalue weighted by Crippen LogP contribution is -2.25. The van der Waals surface area contributed by atoms with Gasteiger partial charge in [-0.1, -0.05) is 31.0 Å². The molecular weight excluding hydrogens is 336 g/mol. The van der Waals surface area contributed by atoms with Gasteiger partial charge in [0.05, 0.1) is 17.4 Å². The molecular formula is C22H26N4O. The molecule has 2 aromatic carbocycles. The van der Waals surface area contributed by atoms with Crippen LogP contribution in [0.3, 0.4) is 0 Å². The lowest BCUT2D eigenvalue weighted by atomic mass is 10.2. The van der Waals surface area contributed by atoms with Crippen LogP contribution in [0.15, 0.2) is 54.9 Å². The number of nitrogens with zero attached hydrogens (tertiary/aromatic N) is 3. The van der Waals surface area contributed by atoms with Gasteiger partial charge in [-0.15, -0.1) is 0 Å². The van der Waals surface area contributed by atoms with E-state index in [-0.39, 0.29) is 11.9 Å². The van der Waals surface area contributed by atoms with Gasteiger partial charge in [-0.05, 0) is 50.1 Å². The smallest absolute Gasteiger partial charge is 0.247 e. The van der Waals surface area contributed by atoms with Crippen LogP contribution in [0.25, 0.3) is 11.0 Å². The standard InChI is InChI=1S/C22H26N4O/c1-17(26-16-23-20-11-4-5-12-21(20)26)22(27)24-18-9-8-10-19(15-18)25-13-6-2-3-7-14-25/h4-5,8-12,15-17H,2-3,6-7,13-14H2,1H3,(H,24,27)/t17-/m0/s1. The van der Waals surface area contributed by atoms with Gasteiger partial charge < -0.3 is 14.8 Å². The molecule has 0 radical (unpaired) electrons. The molecule has 1 aromatic heterocycles. The van der Waals surface area contributed by atoms with Crippen molar-refractivity contribution in [2.75, 3.05) is 23.3 Å². The number of aromatic nitrogens is 2. The average Bonchev–Trinajstić information content (AvgIpc) is 2.93. The second kappa shape index (κ2) is 7.82. The monoisotopic (exact) mass is 362 g/mol. The Morgan fingerprint density at radius 1 is 1.04 bits per heavy atom. The molecule has 1 saturated heterocycles. The summed E-state index contributed by atoms with van der Waals surface area (Å²) in [4.78, 5) is 19.6. The number of carbonyl (C=O) groups is 1. The molecule has 1 amide bonds. The van der Waals surface area contributed by atoms with Crippen LogP contribution in [-0.4, -0.2) is 28.5 Å². The van der Waals surface area contributed by atoms with Crippen LogP contribution in [-0.2, 0) is 4.79 Å². The van der Waals surface area contributed by atoms with E-state index in [2.05, 4.69) is 27.3 Å². The average molecular weight is 362 g/mol. The summed E-state index contributed by atoms with van der Waals surface area (Å²) in [6.07, 6.45) is 6.83. The van der Waals surface area contributed by atoms with Gasteiger partial charge in [0.25, 0.3) is 0 Å². The van der Waals surface area contributed by atoms with Crippen LogP contribution >= 0.6 is 0 Å². The Bertz CT molecular complexity index is 925. The van der Waals surface area contributed by atoms with Crippen molar-refractivity contribution >= 4 is 28.3 Å². The van der Waals surface area contributed by atoms with Crippen molar-refractivity contribution in [1.29, 1.82) is 0 Å². The lowest BCUT2D eigenvalue weighted by molar-refractivity contribution is -0.118. The molecule has 1 fully saturated rings. The molecule has 5 nitrogen and oxygen atoms in total. The first-order valence-corrected chi connectivity index (χ1v) is 9.80. The number of nitrogens with one attached hydrogen (secondary N) is 1. The lowest BCUT2D eigenvalue weighted by Gasteiger charge is -2.23. The second-order valence-electron chi connectivity index (χ2n) is 7.26. The molecule has 2 heterocycles. The van der Waals surface area contributed by atoms with Crippen molar-refractivity contribution in [1.82, 2.24) is 9.55 Å². The first-order valence-electron chi connectivity index (χ1n) is 9.80. The molecule has 1 aliphatic rings. The summed E-state index contributed by atoms with van der Waals surface area (Å²) >= 11 is 0. The van der Waals surface area contributed by atoms with E-state index < -0.39 is 0 Å². The van der Waals surface area contributed by atoms with E-state index in [0.29, 0.717) is 0 Å². The molecule has 0 aliphatic carbocycles. The van der Waals surface area contributed by atoms with Gasteiger partial charge in [0.15, 0.2) is 0 Å². The molecule has 4 rings (SSSR count). The molecule has 0 bridgehead atoms. The number of hydrogen-bond donors (Lipinski definition) is 1. The van der Waals surface area contributed by atoms with Gasteiger partial charge >= 0.3 is 0 Å². The van der Waals surface area contributed by atoms with Gasteiger partial charge in [-0.3, -0.25) is 4.79 Å². The SMILES string of the molecule is C[C@@H](C(=O)Nc1cccc(N2CCCCCC2)c1)n1cnc2ccccc21. The minimum Gasteiger partial charge on any atom is -0.371 e. The molecule has 0 spiro atoms. The third-order valence-electron chi connectivity index (χ3n) is 5.36.